The third kappa shape index (κ3) is 2.23. The second kappa shape index (κ2) is 4.88. The Kier molecular flexibility index (Phi) is 3.29. The van der Waals surface area contributed by atoms with Crippen LogP contribution in [0.4, 0.5) is 0 Å². The van der Waals surface area contributed by atoms with Gasteiger partial charge in [-0.25, -0.2) is 0 Å². The predicted octanol–water partition coefficient (Wildman–Crippen LogP) is 1.36. The van der Waals surface area contributed by atoms with Crippen LogP contribution < -0.4 is 4.74 Å². The largest absolute Gasteiger partial charge is 0.480 e. The molecule has 4 nitrogen and oxygen atoms in total. The maximum atomic E-state index is 12.1. The van der Waals surface area contributed by atoms with Gasteiger partial charge in [0, 0.05) is 13.0 Å². The van der Waals surface area contributed by atoms with Crippen molar-refractivity contribution >= 4 is 5.91 Å². The van der Waals surface area contributed by atoms with E-state index in [1.54, 1.807) is 0 Å². The van der Waals surface area contributed by atoms with Gasteiger partial charge in [0.1, 0.15) is 12.3 Å². The molecule has 1 unspecified atom stereocenters. The molecule has 88 valence electrons. The van der Waals surface area contributed by atoms with Gasteiger partial charge in [-0.1, -0.05) is 18.2 Å². The average Bonchev–Trinajstić information content (AvgIpc) is 2.78. The first-order valence-electron chi connectivity index (χ1n) is 5.66. The van der Waals surface area contributed by atoms with Crippen LogP contribution in [0, 0.1) is 11.3 Å². The topological polar surface area (TPSA) is 53.3 Å². The number of hydrogen-bond donors (Lipinski definition) is 0. The second-order valence-electron chi connectivity index (χ2n) is 3.93. The molecule has 0 spiro atoms. The molecule has 1 aromatic rings. The van der Waals surface area contributed by atoms with E-state index in [9.17, 15) is 4.79 Å². The Morgan fingerprint density at radius 1 is 1.59 bits per heavy atom. The Balaban J connectivity index is 2.08. The number of para-hydroxylation sites is 1. The molecule has 2 rings (SSSR count). The number of nitrogens with zero attached hydrogens (tertiary/aromatic N) is 2. The Bertz CT molecular complexity index is 440. The summed E-state index contributed by atoms with van der Waals surface area (Å²) in [4.78, 5) is 13.6. The molecule has 0 saturated carbocycles. The number of amides is 1. The Labute approximate surface area is 100 Å². The zero-order valence-electron chi connectivity index (χ0n) is 9.72. The summed E-state index contributed by atoms with van der Waals surface area (Å²) >= 11 is 0. The molecule has 0 bridgehead atoms. The summed E-state index contributed by atoms with van der Waals surface area (Å²) < 4.78 is 5.60. The van der Waals surface area contributed by atoms with Crippen molar-refractivity contribution in [3.05, 3.63) is 29.8 Å². The van der Waals surface area contributed by atoms with Gasteiger partial charge in [-0.2, -0.15) is 5.26 Å². The van der Waals surface area contributed by atoms with Crippen LogP contribution in [0.2, 0.25) is 0 Å². The first-order valence-corrected chi connectivity index (χ1v) is 5.66. The first kappa shape index (κ1) is 11.5. The molecule has 0 fully saturated rings. The maximum absolute atomic E-state index is 12.1. The molecule has 0 saturated heterocycles. The van der Waals surface area contributed by atoms with Crippen molar-refractivity contribution in [1.82, 2.24) is 4.90 Å². The van der Waals surface area contributed by atoms with E-state index in [0.29, 0.717) is 13.0 Å². The van der Waals surface area contributed by atoms with Crippen molar-refractivity contribution < 1.29 is 9.53 Å². The second-order valence-corrected chi connectivity index (χ2v) is 3.93. The van der Waals surface area contributed by atoms with Crippen molar-refractivity contribution in [1.29, 1.82) is 5.26 Å². The van der Waals surface area contributed by atoms with Crippen molar-refractivity contribution in [3.8, 4) is 11.8 Å². The Morgan fingerprint density at radius 3 is 3.00 bits per heavy atom. The summed E-state index contributed by atoms with van der Waals surface area (Å²) in [6, 6.07) is 9.64. The number of nitriles is 1. The van der Waals surface area contributed by atoms with Crippen LogP contribution in [0.5, 0.6) is 5.75 Å². The quantitative estimate of drug-likeness (QED) is 0.737. The number of benzene rings is 1. The summed E-state index contributed by atoms with van der Waals surface area (Å²) in [6.45, 7) is 2.51. The monoisotopic (exact) mass is 230 g/mol. The zero-order chi connectivity index (χ0) is 12.3. The number of carbonyl (C=O) groups is 1. The van der Waals surface area contributed by atoms with Gasteiger partial charge < -0.3 is 9.64 Å². The molecule has 1 amide bonds. The minimum atomic E-state index is -0.472. The van der Waals surface area contributed by atoms with Gasteiger partial charge in [0.25, 0.3) is 5.91 Å². The Hall–Kier alpha value is -2.02. The molecule has 1 aliphatic heterocycles. The molecule has 17 heavy (non-hydrogen) atoms. The number of fused-ring (bicyclic) bond motifs is 1. The highest BCUT2D eigenvalue weighted by Gasteiger charge is 2.31. The van der Waals surface area contributed by atoms with Gasteiger partial charge in [0.05, 0.1) is 6.07 Å². The molecule has 1 atom stereocenters. The van der Waals surface area contributed by atoms with Gasteiger partial charge in [0.2, 0.25) is 0 Å². The van der Waals surface area contributed by atoms with E-state index in [2.05, 4.69) is 0 Å². The zero-order valence-corrected chi connectivity index (χ0v) is 9.72. The predicted molar refractivity (Wildman–Crippen MR) is 62.4 cm³/mol. The SMILES string of the molecule is CCN(CC#N)C(=O)C1Cc2ccccc2O1. The molecule has 1 heterocycles. The van der Waals surface area contributed by atoms with Crippen LogP contribution in [-0.4, -0.2) is 30.0 Å². The van der Waals surface area contributed by atoms with Crippen LogP contribution in [-0.2, 0) is 11.2 Å². The summed E-state index contributed by atoms with van der Waals surface area (Å²) in [6.07, 6.45) is 0.123. The molecule has 0 N–H and O–H groups in total. The molecule has 1 aliphatic rings. The molecule has 0 aliphatic carbocycles. The number of likely N-dealkylation sites (N-methyl/N-ethyl adjacent to an activating group) is 1. The Morgan fingerprint density at radius 2 is 2.35 bits per heavy atom. The highest BCUT2D eigenvalue weighted by molar-refractivity contribution is 5.82. The fourth-order valence-electron chi connectivity index (χ4n) is 1.95. The number of rotatable bonds is 3. The van der Waals surface area contributed by atoms with E-state index in [1.807, 2.05) is 37.3 Å². The van der Waals surface area contributed by atoms with Crippen LogP contribution in [0.15, 0.2) is 24.3 Å². The number of carbonyl (C=O) groups excluding carboxylic acids is 1. The lowest BCUT2D eigenvalue weighted by Crippen LogP contribution is -2.41. The lowest BCUT2D eigenvalue weighted by Gasteiger charge is -2.20. The fourth-order valence-corrected chi connectivity index (χ4v) is 1.95. The van der Waals surface area contributed by atoms with Crippen molar-refractivity contribution in [2.24, 2.45) is 0 Å². The molecule has 0 aromatic heterocycles. The van der Waals surface area contributed by atoms with Gasteiger partial charge >= 0.3 is 0 Å². The highest BCUT2D eigenvalue weighted by Crippen LogP contribution is 2.28. The first-order chi connectivity index (χ1) is 8.26. The average molecular weight is 230 g/mol. The molecular weight excluding hydrogens is 216 g/mol. The van der Waals surface area contributed by atoms with Crippen LogP contribution >= 0.6 is 0 Å². The van der Waals surface area contributed by atoms with Gasteiger partial charge in [0.15, 0.2) is 6.10 Å². The molecule has 1 aromatic carbocycles. The van der Waals surface area contributed by atoms with Gasteiger partial charge in [-0.15, -0.1) is 0 Å². The van der Waals surface area contributed by atoms with E-state index < -0.39 is 6.10 Å². The minimum Gasteiger partial charge on any atom is -0.480 e. The third-order valence-electron chi connectivity index (χ3n) is 2.88. The standard InChI is InChI=1S/C13H14N2O2/c1-2-15(8-7-14)13(16)12-9-10-5-3-4-6-11(10)17-12/h3-6,12H,2,8-9H2,1H3. The molecule has 4 heteroatoms. The van der Waals surface area contributed by atoms with E-state index >= 15 is 0 Å². The van der Waals surface area contributed by atoms with Crippen LogP contribution in [0.3, 0.4) is 0 Å². The number of ether oxygens (including phenoxy) is 1. The smallest absolute Gasteiger partial charge is 0.264 e. The number of hydrogen-bond acceptors (Lipinski definition) is 3. The van der Waals surface area contributed by atoms with E-state index in [0.717, 1.165) is 11.3 Å². The van der Waals surface area contributed by atoms with Crippen LogP contribution in [0.25, 0.3) is 0 Å². The third-order valence-corrected chi connectivity index (χ3v) is 2.88. The lowest BCUT2D eigenvalue weighted by molar-refractivity contribution is -0.137. The normalized spacial score (nSPS) is 16.8. The van der Waals surface area contributed by atoms with Crippen LogP contribution in [0.1, 0.15) is 12.5 Å². The van der Waals surface area contributed by atoms with Crippen molar-refractivity contribution in [2.75, 3.05) is 13.1 Å². The van der Waals surface area contributed by atoms with E-state index in [4.69, 9.17) is 10.00 Å². The van der Waals surface area contributed by atoms with E-state index in [1.165, 1.54) is 4.90 Å². The van der Waals surface area contributed by atoms with Crippen molar-refractivity contribution in [2.45, 2.75) is 19.4 Å². The summed E-state index contributed by atoms with van der Waals surface area (Å²) in [5, 5.41) is 8.65. The van der Waals surface area contributed by atoms with Gasteiger partial charge in [-0.3, -0.25) is 4.79 Å². The van der Waals surface area contributed by atoms with E-state index in [-0.39, 0.29) is 12.5 Å². The van der Waals surface area contributed by atoms with Gasteiger partial charge in [-0.05, 0) is 18.6 Å². The van der Waals surface area contributed by atoms with Crippen molar-refractivity contribution in [3.63, 3.8) is 0 Å². The summed E-state index contributed by atoms with van der Waals surface area (Å²) in [7, 11) is 0. The minimum absolute atomic E-state index is 0.106. The molecular formula is C13H14N2O2. The molecule has 0 radical (unpaired) electrons. The highest BCUT2D eigenvalue weighted by atomic mass is 16.5. The summed E-state index contributed by atoms with van der Waals surface area (Å²) in [5.74, 6) is 0.670. The summed E-state index contributed by atoms with van der Waals surface area (Å²) in [5.41, 5.74) is 1.05. The lowest BCUT2D eigenvalue weighted by atomic mass is 10.1. The fraction of sp³-hybridized carbons (Fsp3) is 0.385. The maximum Gasteiger partial charge on any atom is 0.264 e.